The van der Waals surface area contributed by atoms with Gasteiger partial charge in [-0.15, -0.1) is 11.3 Å². The normalized spacial score (nSPS) is 14.9. The van der Waals surface area contributed by atoms with Crippen molar-refractivity contribution in [3.63, 3.8) is 0 Å². The standard InChI is InChI=1S/C14H19N3O3S/c1-3-20-13(18)11-7-15-14(19)16-12(11)9-17(2)8-10-5-4-6-21-10/h4-6H,3,7-9H2,1-2H3,(H2,15,16,19). The van der Waals surface area contributed by atoms with Crippen molar-refractivity contribution in [2.45, 2.75) is 13.5 Å². The quantitative estimate of drug-likeness (QED) is 0.777. The zero-order chi connectivity index (χ0) is 15.2. The first-order chi connectivity index (χ1) is 10.1. The monoisotopic (exact) mass is 309 g/mol. The van der Waals surface area contributed by atoms with Gasteiger partial charge in [0.2, 0.25) is 0 Å². The van der Waals surface area contributed by atoms with E-state index in [1.807, 2.05) is 23.4 Å². The summed E-state index contributed by atoms with van der Waals surface area (Å²) in [6, 6.07) is 3.77. The number of hydrogen-bond donors (Lipinski definition) is 2. The highest BCUT2D eigenvalue weighted by Crippen LogP contribution is 2.14. The van der Waals surface area contributed by atoms with E-state index in [9.17, 15) is 9.59 Å². The molecule has 0 atom stereocenters. The van der Waals surface area contributed by atoms with Gasteiger partial charge in [-0.3, -0.25) is 4.90 Å². The molecule has 1 aromatic heterocycles. The third-order valence-electron chi connectivity index (χ3n) is 3.01. The summed E-state index contributed by atoms with van der Waals surface area (Å²) in [5, 5.41) is 7.33. The van der Waals surface area contributed by atoms with Crippen LogP contribution in [0.3, 0.4) is 0 Å². The number of carbonyl (C=O) groups is 2. The summed E-state index contributed by atoms with van der Waals surface area (Å²) in [5.74, 6) is -0.385. The molecule has 7 heteroatoms. The number of nitrogens with zero attached hydrogens (tertiary/aromatic N) is 1. The lowest BCUT2D eigenvalue weighted by molar-refractivity contribution is -0.138. The zero-order valence-corrected chi connectivity index (χ0v) is 13.0. The fraction of sp³-hybridized carbons (Fsp3) is 0.429. The molecule has 0 bridgehead atoms. The minimum atomic E-state index is -0.385. The van der Waals surface area contributed by atoms with E-state index >= 15 is 0 Å². The molecule has 1 aromatic rings. The molecule has 0 saturated carbocycles. The van der Waals surface area contributed by atoms with E-state index in [1.54, 1.807) is 18.3 Å². The molecular weight excluding hydrogens is 290 g/mol. The summed E-state index contributed by atoms with van der Waals surface area (Å²) in [5.41, 5.74) is 1.09. The van der Waals surface area contributed by atoms with Crippen LogP contribution in [0.25, 0.3) is 0 Å². The molecule has 0 spiro atoms. The molecular formula is C14H19N3O3S. The number of rotatable bonds is 6. The second kappa shape index (κ2) is 7.24. The summed E-state index contributed by atoms with van der Waals surface area (Å²) in [4.78, 5) is 26.7. The molecule has 1 aliphatic heterocycles. The third kappa shape index (κ3) is 4.30. The molecule has 2 N–H and O–H groups in total. The van der Waals surface area contributed by atoms with Crippen molar-refractivity contribution < 1.29 is 14.3 Å². The van der Waals surface area contributed by atoms with Crippen LogP contribution >= 0.6 is 11.3 Å². The molecule has 21 heavy (non-hydrogen) atoms. The molecule has 0 fully saturated rings. The second-order valence-corrected chi connectivity index (χ2v) is 5.77. The summed E-state index contributed by atoms with van der Waals surface area (Å²) in [6.07, 6.45) is 0. The van der Waals surface area contributed by atoms with Gasteiger partial charge in [-0.2, -0.15) is 0 Å². The Kier molecular flexibility index (Phi) is 5.35. The first kappa shape index (κ1) is 15.5. The molecule has 0 saturated heterocycles. The minimum Gasteiger partial charge on any atom is -0.463 e. The van der Waals surface area contributed by atoms with Crippen LogP contribution in [-0.4, -0.2) is 43.6 Å². The average molecular weight is 309 g/mol. The van der Waals surface area contributed by atoms with Gasteiger partial charge in [-0.25, -0.2) is 9.59 Å². The fourth-order valence-electron chi connectivity index (χ4n) is 2.07. The SMILES string of the molecule is CCOC(=O)C1=C(CN(C)Cc2cccs2)NC(=O)NC1. The van der Waals surface area contributed by atoms with E-state index in [2.05, 4.69) is 16.7 Å². The van der Waals surface area contributed by atoms with Crippen molar-refractivity contribution in [2.75, 3.05) is 26.7 Å². The van der Waals surface area contributed by atoms with Gasteiger partial charge in [0.15, 0.2) is 0 Å². The number of likely N-dealkylation sites (N-methyl/N-ethyl adjacent to an activating group) is 1. The van der Waals surface area contributed by atoms with Crippen LogP contribution < -0.4 is 10.6 Å². The van der Waals surface area contributed by atoms with Gasteiger partial charge < -0.3 is 15.4 Å². The highest BCUT2D eigenvalue weighted by Gasteiger charge is 2.24. The van der Waals surface area contributed by atoms with E-state index in [-0.39, 0.29) is 18.5 Å². The Balaban J connectivity index is 2.07. The van der Waals surface area contributed by atoms with Gasteiger partial charge in [0.25, 0.3) is 0 Å². The Morgan fingerprint density at radius 3 is 2.95 bits per heavy atom. The van der Waals surface area contributed by atoms with E-state index in [0.29, 0.717) is 24.4 Å². The van der Waals surface area contributed by atoms with Crippen molar-refractivity contribution in [3.8, 4) is 0 Å². The Labute approximate surface area is 127 Å². The highest BCUT2D eigenvalue weighted by molar-refractivity contribution is 7.09. The maximum absolute atomic E-state index is 11.9. The molecule has 6 nitrogen and oxygen atoms in total. The van der Waals surface area contributed by atoms with Gasteiger partial charge in [0.05, 0.1) is 18.7 Å². The number of thiophene rings is 1. The summed E-state index contributed by atoms with van der Waals surface area (Å²) in [6.45, 7) is 3.53. The maximum Gasteiger partial charge on any atom is 0.337 e. The van der Waals surface area contributed by atoms with E-state index in [4.69, 9.17) is 4.74 Å². The largest absolute Gasteiger partial charge is 0.463 e. The van der Waals surface area contributed by atoms with Crippen molar-refractivity contribution in [1.82, 2.24) is 15.5 Å². The van der Waals surface area contributed by atoms with Gasteiger partial charge >= 0.3 is 12.0 Å². The molecule has 2 amide bonds. The third-order valence-corrected chi connectivity index (χ3v) is 3.87. The lowest BCUT2D eigenvalue weighted by Crippen LogP contribution is -2.46. The highest BCUT2D eigenvalue weighted by atomic mass is 32.1. The van der Waals surface area contributed by atoms with E-state index in [0.717, 1.165) is 6.54 Å². The van der Waals surface area contributed by atoms with Crippen molar-refractivity contribution >= 4 is 23.3 Å². The Morgan fingerprint density at radius 2 is 2.29 bits per heavy atom. The van der Waals surface area contributed by atoms with Gasteiger partial charge in [-0.05, 0) is 25.4 Å². The summed E-state index contributed by atoms with van der Waals surface area (Å²) < 4.78 is 5.03. The minimum absolute atomic E-state index is 0.201. The number of nitrogens with one attached hydrogen (secondary N) is 2. The fourth-order valence-corrected chi connectivity index (χ4v) is 2.86. The van der Waals surface area contributed by atoms with Gasteiger partial charge in [-0.1, -0.05) is 6.07 Å². The molecule has 0 aromatic carbocycles. The number of carbonyl (C=O) groups excluding carboxylic acids is 2. The van der Waals surface area contributed by atoms with Crippen molar-refractivity contribution in [2.24, 2.45) is 0 Å². The smallest absolute Gasteiger partial charge is 0.337 e. The van der Waals surface area contributed by atoms with Crippen LogP contribution in [0.15, 0.2) is 28.8 Å². The van der Waals surface area contributed by atoms with Crippen molar-refractivity contribution in [1.29, 1.82) is 0 Å². The molecule has 2 heterocycles. The Bertz CT molecular complexity index is 540. The predicted octanol–water partition coefficient (Wildman–Crippen LogP) is 1.31. The lowest BCUT2D eigenvalue weighted by atomic mass is 10.1. The summed E-state index contributed by atoms with van der Waals surface area (Å²) >= 11 is 1.68. The average Bonchev–Trinajstić information content (AvgIpc) is 2.91. The van der Waals surface area contributed by atoms with Crippen LogP contribution in [0.1, 0.15) is 11.8 Å². The number of amides is 2. The molecule has 2 rings (SSSR count). The lowest BCUT2D eigenvalue weighted by Gasteiger charge is -2.25. The number of hydrogen-bond acceptors (Lipinski definition) is 5. The van der Waals surface area contributed by atoms with E-state index < -0.39 is 0 Å². The number of esters is 1. The maximum atomic E-state index is 11.9. The molecule has 114 valence electrons. The van der Waals surface area contributed by atoms with Crippen LogP contribution in [0, 0.1) is 0 Å². The molecule has 0 radical (unpaired) electrons. The summed E-state index contributed by atoms with van der Waals surface area (Å²) in [7, 11) is 1.95. The molecule has 0 aliphatic carbocycles. The first-order valence-corrected chi connectivity index (χ1v) is 7.63. The van der Waals surface area contributed by atoms with Gasteiger partial charge in [0.1, 0.15) is 0 Å². The van der Waals surface area contributed by atoms with Crippen LogP contribution in [0.4, 0.5) is 4.79 Å². The van der Waals surface area contributed by atoms with Crippen LogP contribution in [-0.2, 0) is 16.1 Å². The van der Waals surface area contributed by atoms with E-state index in [1.165, 1.54) is 4.88 Å². The first-order valence-electron chi connectivity index (χ1n) is 6.75. The van der Waals surface area contributed by atoms with Gasteiger partial charge in [0, 0.05) is 23.7 Å². The van der Waals surface area contributed by atoms with Crippen LogP contribution in [0.2, 0.25) is 0 Å². The van der Waals surface area contributed by atoms with Crippen LogP contribution in [0.5, 0.6) is 0 Å². The zero-order valence-electron chi connectivity index (χ0n) is 12.1. The number of urea groups is 1. The Hall–Kier alpha value is -1.86. The topological polar surface area (TPSA) is 70.7 Å². The Morgan fingerprint density at radius 1 is 1.48 bits per heavy atom. The number of ether oxygens (including phenoxy) is 1. The van der Waals surface area contributed by atoms with Crippen molar-refractivity contribution in [3.05, 3.63) is 33.7 Å². The predicted molar refractivity (Wildman–Crippen MR) is 80.8 cm³/mol. The molecule has 0 unspecified atom stereocenters. The second-order valence-electron chi connectivity index (χ2n) is 4.74. The molecule has 1 aliphatic rings.